The van der Waals surface area contributed by atoms with Crippen molar-refractivity contribution in [3.8, 4) is 5.75 Å². The van der Waals surface area contributed by atoms with Crippen LogP contribution in [-0.4, -0.2) is 5.11 Å². The molecule has 1 rings (SSSR count). The topological polar surface area (TPSA) is 20.2 Å². The number of aryl methyl sites for hydroxylation is 2. The molecule has 0 aliphatic rings. The summed E-state index contributed by atoms with van der Waals surface area (Å²) >= 11 is 3.35. The highest BCUT2D eigenvalue weighted by molar-refractivity contribution is 9.10. The van der Waals surface area contributed by atoms with Crippen LogP contribution in [0.15, 0.2) is 23.2 Å². The molecule has 0 bridgehead atoms. The number of halogens is 1. The van der Waals surface area contributed by atoms with Crippen LogP contribution in [0.2, 0.25) is 0 Å². The summed E-state index contributed by atoms with van der Waals surface area (Å²) in [5.41, 5.74) is 3.12. The monoisotopic (exact) mass is 240 g/mol. The zero-order chi connectivity index (χ0) is 10.0. The quantitative estimate of drug-likeness (QED) is 0.785. The van der Waals surface area contributed by atoms with Crippen LogP contribution in [0, 0.1) is 13.8 Å². The molecule has 0 aromatic heterocycles. The number of phenols is 1. The Morgan fingerprint density at radius 2 is 2.08 bits per heavy atom. The molecule has 0 aliphatic carbocycles. The lowest BCUT2D eigenvalue weighted by molar-refractivity contribution is 0.465. The minimum Gasteiger partial charge on any atom is -0.506 e. The molecule has 70 valence electrons. The highest BCUT2D eigenvalue weighted by Gasteiger charge is 2.09. The van der Waals surface area contributed by atoms with E-state index in [1.807, 2.05) is 13.8 Å². The fraction of sp³-hybridized carbons (Fsp3) is 0.273. The predicted molar refractivity (Wildman–Crippen MR) is 59.2 cm³/mol. The normalized spacial score (nSPS) is 10.1. The standard InChI is InChI=1S/C11H13BrO/c1-4-5-9-7(2)6-8(3)10(12)11(9)13/h4,6,13H,1,5H2,2-3H3. The van der Waals surface area contributed by atoms with E-state index in [0.29, 0.717) is 12.2 Å². The van der Waals surface area contributed by atoms with Gasteiger partial charge in [-0.3, -0.25) is 0 Å². The summed E-state index contributed by atoms with van der Waals surface area (Å²) in [4.78, 5) is 0. The maximum Gasteiger partial charge on any atom is 0.133 e. The van der Waals surface area contributed by atoms with Crippen LogP contribution in [0.1, 0.15) is 16.7 Å². The van der Waals surface area contributed by atoms with Crippen LogP contribution in [0.4, 0.5) is 0 Å². The molecule has 2 heteroatoms. The van der Waals surface area contributed by atoms with Crippen molar-refractivity contribution >= 4 is 15.9 Å². The summed E-state index contributed by atoms with van der Waals surface area (Å²) in [5.74, 6) is 0.345. The molecule has 0 spiro atoms. The van der Waals surface area contributed by atoms with Gasteiger partial charge in [-0.15, -0.1) is 6.58 Å². The number of hydrogen-bond acceptors (Lipinski definition) is 1. The van der Waals surface area contributed by atoms with Crippen LogP contribution < -0.4 is 0 Å². The average molecular weight is 241 g/mol. The van der Waals surface area contributed by atoms with E-state index in [1.165, 1.54) is 0 Å². The molecule has 1 aromatic rings. The fourth-order valence-electron chi connectivity index (χ4n) is 1.38. The highest BCUT2D eigenvalue weighted by atomic mass is 79.9. The third kappa shape index (κ3) is 1.94. The van der Waals surface area contributed by atoms with Crippen molar-refractivity contribution in [1.82, 2.24) is 0 Å². The van der Waals surface area contributed by atoms with Crippen molar-refractivity contribution in [1.29, 1.82) is 0 Å². The zero-order valence-corrected chi connectivity index (χ0v) is 9.48. The second-order valence-corrected chi connectivity index (χ2v) is 3.94. The van der Waals surface area contributed by atoms with Crippen molar-refractivity contribution in [2.45, 2.75) is 20.3 Å². The van der Waals surface area contributed by atoms with Gasteiger partial charge in [0.25, 0.3) is 0 Å². The van der Waals surface area contributed by atoms with Crippen LogP contribution in [0.3, 0.4) is 0 Å². The summed E-state index contributed by atoms with van der Waals surface area (Å²) in [6.45, 7) is 7.63. The fourth-order valence-corrected chi connectivity index (χ4v) is 1.74. The minimum absolute atomic E-state index is 0.345. The number of allylic oxidation sites excluding steroid dienone is 1. The molecule has 0 amide bonds. The molecule has 13 heavy (non-hydrogen) atoms. The molecule has 0 saturated carbocycles. The van der Waals surface area contributed by atoms with Gasteiger partial charge >= 0.3 is 0 Å². The lowest BCUT2D eigenvalue weighted by Crippen LogP contribution is -1.91. The summed E-state index contributed by atoms with van der Waals surface area (Å²) < 4.78 is 0.787. The van der Waals surface area contributed by atoms with E-state index in [1.54, 1.807) is 6.08 Å². The van der Waals surface area contributed by atoms with Crippen LogP contribution >= 0.6 is 15.9 Å². The third-order valence-corrected chi connectivity index (χ3v) is 3.10. The van der Waals surface area contributed by atoms with Crippen LogP contribution in [-0.2, 0) is 6.42 Å². The largest absolute Gasteiger partial charge is 0.506 e. The number of aromatic hydroxyl groups is 1. The van der Waals surface area contributed by atoms with Gasteiger partial charge in [0.15, 0.2) is 0 Å². The number of hydrogen-bond donors (Lipinski definition) is 1. The van der Waals surface area contributed by atoms with Crippen molar-refractivity contribution in [3.63, 3.8) is 0 Å². The minimum atomic E-state index is 0.345. The van der Waals surface area contributed by atoms with E-state index in [2.05, 4.69) is 28.6 Å². The van der Waals surface area contributed by atoms with Crippen molar-refractivity contribution in [2.75, 3.05) is 0 Å². The van der Waals surface area contributed by atoms with Gasteiger partial charge in [-0.05, 0) is 47.3 Å². The average Bonchev–Trinajstić information content (AvgIpc) is 2.09. The number of phenolic OH excluding ortho intramolecular Hbond substituents is 1. The van der Waals surface area contributed by atoms with E-state index in [-0.39, 0.29) is 0 Å². The lowest BCUT2D eigenvalue weighted by Gasteiger charge is -2.10. The number of benzene rings is 1. The second-order valence-electron chi connectivity index (χ2n) is 3.14. The number of rotatable bonds is 2. The van der Waals surface area contributed by atoms with Crippen molar-refractivity contribution in [3.05, 3.63) is 39.9 Å². The molecule has 0 aliphatic heterocycles. The third-order valence-electron chi connectivity index (χ3n) is 2.10. The van der Waals surface area contributed by atoms with E-state index in [9.17, 15) is 5.11 Å². The van der Waals surface area contributed by atoms with E-state index < -0.39 is 0 Å². The maximum absolute atomic E-state index is 9.80. The van der Waals surface area contributed by atoms with E-state index in [4.69, 9.17) is 0 Å². The van der Waals surface area contributed by atoms with Crippen molar-refractivity contribution < 1.29 is 5.11 Å². The van der Waals surface area contributed by atoms with Gasteiger partial charge in [0.2, 0.25) is 0 Å². The SMILES string of the molecule is C=CCc1c(C)cc(C)c(Br)c1O. The Balaban J connectivity index is 3.34. The Bertz CT molecular complexity index is 342. The first-order valence-corrected chi connectivity index (χ1v) is 4.95. The Kier molecular flexibility index (Phi) is 3.15. The highest BCUT2D eigenvalue weighted by Crippen LogP contribution is 2.33. The van der Waals surface area contributed by atoms with Gasteiger partial charge in [0.05, 0.1) is 4.47 Å². The molecule has 1 aromatic carbocycles. The second kappa shape index (κ2) is 3.97. The Morgan fingerprint density at radius 3 is 2.62 bits per heavy atom. The van der Waals surface area contributed by atoms with Crippen molar-refractivity contribution in [2.24, 2.45) is 0 Å². The summed E-state index contributed by atoms with van der Waals surface area (Å²) in [7, 11) is 0. The van der Waals surface area contributed by atoms with Gasteiger partial charge in [-0.25, -0.2) is 0 Å². The van der Waals surface area contributed by atoms with Crippen LogP contribution in [0.5, 0.6) is 5.75 Å². The van der Waals surface area contributed by atoms with E-state index in [0.717, 1.165) is 21.2 Å². The Morgan fingerprint density at radius 1 is 1.46 bits per heavy atom. The van der Waals surface area contributed by atoms with Gasteiger partial charge in [-0.2, -0.15) is 0 Å². The first kappa shape index (κ1) is 10.3. The van der Waals surface area contributed by atoms with Crippen LogP contribution in [0.25, 0.3) is 0 Å². The molecule has 0 fully saturated rings. The molecule has 0 unspecified atom stereocenters. The molecule has 0 atom stereocenters. The molecule has 1 nitrogen and oxygen atoms in total. The molecular weight excluding hydrogens is 228 g/mol. The molecular formula is C11H13BrO. The van der Waals surface area contributed by atoms with Gasteiger partial charge in [0.1, 0.15) is 5.75 Å². The zero-order valence-electron chi connectivity index (χ0n) is 7.89. The molecule has 0 saturated heterocycles. The first-order chi connectivity index (χ1) is 6.07. The summed E-state index contributed by atoms with van der Waals surface area (Å²) in [6, 6.07) is 2.06. The molecule has 0 heterocycles. The Labute approximate surface area is 87.2 Å². The smallest absolute Gasteiger partial charge is 0.133 e. The maximum atomic E-state index is 9.80. The Hall–Kier alpha value is -0.760. The molecule has 1 N–H and O–H groups in total. The van der Waals surface area contributed by atoms with Gasteiger partial charge in [-0.1, -0.05) is 12.1 Å². The van der Waals surface area contributed by atoms with E-state index >= 15 is 0 Å². The molecule has 0 radical (unpaired) electrons. The lowest BCUT2D eigenvalue weighted by atomic mass is 10.0. The summed E-state index contributed by atoms with van der Waals surface area (Å²) in [6.07, 6.45) is 2.50. The predicted octanol–water partition coefficient (Wildman–Crippen LogP) is 3.50. The van der Waals surface area contributed by atoms with Gasteiger partial charge in [0, 0.05) is 5.56 Å². The summed E-state index contributed by atoms with van der Waals surface area (Å²) in [5, 5.41) is 9.80. The van der Waals surface area contributed by atoms with Gasteiger partial charge < -0.3 is 5.11 Å². The first-order valence-electron chi connectivity index (χ1n) is 4.16.